The molecular formula is C26H22ClF3N4O2. The Bertz CT molecular complexity index is 1340. The lowest BCUT2D eigenvalue weighted by Gasteiger charge is -2.26. The van der Waals surface area contributed by atoms with E-state index in [0.29, 0.717) is 43.0 Å². The quantitative estimate of drug-likeness (QED) is 0.462. The van der Waals surface area contributed by atoms with Crippen LogP contribution in [0.2, 0.25) is 5.02 Å². The Hall–Kier alpha value is -3.59. The normalized spacial score (nSPS) is 17.1. The number of carbonyl (C=O) groups is 1. The standard InChI is InChI=1S/C26H22ClF3N4O2/c27-21-7-6-17(13-20(21)26(28,29)30)34-25(35)16-5-4-15-2-1-3-23(19(15)12-16)36-18-8-9-31-22(14-18)24-32-10-11-33-24/h1-3,6-9,13-14,16H,4-5,10-12H2,(H,32,33)(H,34,35). The van der Waals surface area contributed by atoms with Gasteiger partial charge < -0.3 is 15.4 Å². The Morgan fingerprint density at radius 1 is 1.17 bits per heavy atom. The second-order valence-electron chi connectivity index (χ2n) is 8.65. The van der Waals surface area contributed by atoms with Gasteiger partial charge >= 0.3 is 6.18 Å². The van der Waals surface area contributed by atoms with Crippen LogP contribution in [0.3, 0.4) is 0 Å². The molecule has 0 saturated heterocycles. The molecule has 2 aliphatic rings. The summed E-state index contributed by atoms with van der Waals surface area (Å²) in [6.07, 6.45) is -1.32. The molecule has 1 atom stereocenters. The van der Waals surface area contributed by atoms with E-state index in [4.69, 9.17) is 16.3 Å². The highest BCUT2D eigenvalue weighted by molar-refractivity contribution is 6.31. The molecule has 36 heavy (non-hydrogen) atoms. The van der Waals surface area contributed by atoms with Crippen molar-refractivity contribution >= 4 is 29.0 Å². The molecule has 0 saturated carbocycles. The van der Waals surface area contributed by atoms with Crippen molar-refractivity contribution in [2.75, 3.05) is 18.4 Å². The second kappa shape index (κ2) is 9.81. The van der Waals surface area contributed by atoms with Gasteiger partial charge in [0.25, 0.3) is 0 Å². The summed E-state index contributed by atoms with van der Waals surface area (Å²) in [5.41, 5.74) is 1.75. The summed E-state index contributed by atoms with van der Waals surface area (Å²) in [5, 5.41) is 5.39. The predicted molar refractivity (Wildman–Crippen MR) is 131 cm³/mol. The maximum Gasteiger partial charge on any atom is 0.417 e. The van der Waals surface area contributed by atoms with Crippen LogP contribution in [-0.2, 0) is 23.8 Å². The van der Waals surface area contributed by atoms with Crippen molar-refractivity contribution < 1.29 is 22.7 Å². The first-order valence-corrected chi connectivity index (χ1v) is 11.9. The first kappa shape index (κ1) is 24.1. The largest absolute Gasteiger partial charge is 0.457 e. The Balaban J connectivity index is 1.33. The van der Waals surface area contributed by atoms with Crippen LogP contribution in [0.1, 0.15) is 28.8 Å². The summed E-state index contributed by atoms with van der Waals surface area (Å²) < 4.78 is 45.8. The van der Waals surface area contributed by atoms with Crippen molar-refractivity contribution in [1.29, 1.82) is 0 Å². The van der Waals surface area contributed by atoms with E-state index in [1.807, 2.05) is 24.3 Å². The number of nitrogens with one attached hydrogen (secondary N) is 2. The maximum atomic E-state index is 13.2. The van der Waals surface area contributed by atoms with Crippen LogP contribution in [0, 0.1) is 5.92 Å². The minimum atomic E-state index is -4.61. The molecule has 1 aliphatic heterocycles. The fourth-order valence-electron chi connectivity index (χ4n) is 4.44. The van der Waals surface area contributed by atoms with Gasteiger partial charge in [-0.25, -0.2) is 0 Å². The number of anilines is 1. The van der Waals surface area contributed by atoms with E-state index in [-0.39, 0.29) is 11.6 Å². The third-order valence-electron chi connectivity index (χ3n) is 6.23. The summed E-state index contributed by atoms with van der Waals surface area (Å²) >= 11 is 5.69. The number of aryl methyl sites for hydroxylation is 1. The Labute approximate surface area is 210 Å². The van der Waals surface area contributed by atoms with E-state index in [9.17, 15) is 18.0 Å². The number of amides is 1. The first-order chi connectivity index (χ1) is 17.3. The van der Waals surface area contributed by atoms with E-state index in [2.05, 4.69) is 20.6 Å². The number of aromatic nitrogens is 1. The SMILES string of the molecule is O=C(Nc1ccc(Cl)c(C(F)(F)F)c1)C1CCc2cccc(Oc3ccnc(C4=NCCN4)c3)c2C1. The minimum Gasteiger partial charge on any atom is -0.457 e. The summed E-state index contributed by atoms with van der Waals surface area (Å²) in [4.78, 5) is 21.7. The van der Waals surface area contributed by atoms with Gasteiger partial charge in [-0.05, 0) is 60.7 Å². The number of aliphatic imine (C=N–C) groups is 1. The number of benzene rings is 2. The number of hydrogen-bond acceptors (Lipinski definition) is 5. The van der Waals surface area contributed by atoms with E-state index < -0.39 is 22.7 Å². The minimum absolute atomic E-state index is 0.0554. The Kier molecular flexibility index (Phi) is 6.57. The fourth-order valence-corrected chi connectivity index (χ4v) is 4.66. The van der Waals surface area contributed by atoms with Crippen molar-refractivity contribution in [2.45, 2.75) is 25.4 Å². The molecule has 0 spiro atoms. The number of carbonyl (C=O) groups excluding carboxylic acids is 1. The van der Waals surface area contributed by atoms with Gasteiger partial charge in [0, 0.05) is 30.4 Å². The van der Waals surface area contributed by atoms with Crippen molar-refractivity contribution in [3.8, 4) is 11.5 Å². The first-order valence-electron chi connectivity index (χ1n) is 11.5. The molecule has 3 aromatic rings. The highest BCUT2D eigenvalue weighted by Gasteiger charge is 2.34. The molecule has 0 radical (unpaired) electrons. The number of halogens is 4. The van der Waals surface area contributed by atoms with E-state index in [0.717, 1.165) is 35.6 Å². The van der Waals surface area contributed by atoms with Gasteiger partial charge in [0.15, 0.2) is 0 Å². The molecule has 1 aromatic heterocycles. The van der Waals surface area contributed by atoms with Crippen LogP contribution in [-0.4, -0.2) is 29.8 Å². The number of nitrogens with zero attached hydrogens (tertiary/aromatic N) is 2. The zero-order valence-corrected chi connectivity index (χ0v) is 19.8. The van der Waals surface area contributed by atoms with Crippen LogP contribution in [0.5, 0.6) is 11.5 Å². The molecule has 2 aromatic carbocycles. The topological polar surface area (TPSA) is 75.6 Å². The molecule has 10 heteroatoms. The van der Waals surface area contributed by atoms with Crippen LogP contribution in [0.15, 0.2) is 59.7 Å². The molecule has 2 N–H and O–H groups in total. The molecule has 1 amide bonds. The Morgan fingerprint density at radius 3 is 2.81 bits per heavy atom. The number of hydrogen-bond donors (Lipinski definition) is 2. The summed E-state index contributed by atoms with van der Waals surface area (Å²) in [6, 6.07) is 12.7. The third kappa shape index (κ3) is 5.16. The van der Waals surface area contributed by atoms with Gasteiger partial charge in [-0.2, -0.15) is 13.2 Å². The van der Waals surface area contributed by atoms with Crippen molar-refractivity contribution in [3.05, 3.63) is 82.1 Å². The van der Waals surface area contributed by atoms with Gasteiger partial charge in [0.05, 0.1) is 17.1 Å². The van der Waals surface area contributed by atoms with Crippen LogP contribution in [0.25, 0.3) is 0 Å². The van der Waals surface area contributed by atoms with Crippen LogP contribution < -0.4 is 15.4 Å². The number of rotatable bonds is 5. The zero-order valence-electron chi connectivity index (χ0n) is 19.0. The highest BCUT2D eigenvalue weighted by atomic mass is 35.5. The zero-order chi connectivity index (χ0) is 25.3. The van der Waals surface area contributed by atoms with E-state index in [1.165, 1.54) is 6.07 Å². The van der Waals surface area contributed by atoms with Gasteiger partial charge in [-0.1, -0.05) is 23.7 Å². The average Bonchev–Trinajstić information content (AvgIpc) is 3.40. The van der Waals surface area contributed by atoms with Gasteiger partial charge in [-0.3, -0.25) is 14.8 Å². The molecule has 186 valence electrons. The number of amidine groups is 1. The Morgan fingerprint density at radius 2 is 2.03 bits per heavy atom. The number of alkyl halides is 3. The number of fused-ring (bicyclic) bond motifs is 1. The van der Waals surface area contributed by atoms with Crippen LogP contribution in [0.4, 0.5) is 18.9 Å². The van der Waals surface area contributed by atoms with Crippen molar-refractivity contribution in [2.24, 2.45) is 10.9 Å². The maximum absolute atomic E-state index is 13.2. The molecule has 1 aliphatic carbocycles. The number of pyridine rings is 1. The average molecular weight is 515 g/mol. The molecular weight excluding hydrogens is 493 g/mol. The van der Waals surface area contributed by atoms with Gasteiger partial charge in [-0.15, -0.1) is 0 Å². The fraction of sp³-hybridized carbons (Fsp3) is 0.269. The smallest absolute Gasteiger partial charge is 0.417 e. The highest BCUT2D eigenvalue weighted by Crippen LogP contribution is 2.38. The summed E-state index contributed by atoms with van der Waals surface area (Å²) in [7, 11) is 0. The lowest BCUT2D eigenvalue weighted by molar-refractivity contribution is -0.137. The molecule has 5 rings (SSSR count). The molecule has 2 heterocycles. The summed E-state index contributed by atoms with van der Waals surface area (Å²) in [5.74, 6) is 1.19. The third-order valence-corrected chi connectivity index (χ3v) is 6.56. The molecule has 0 bridgehead atoms. The molecule has 1 unspecified atom stereocenters. The molecule has 0 fully saturated rings. The van der Waals surface area contributed by atoms with Crippen LogP contribution >= 0.6 is 11.6 Å². The van der Waals surface area contributed by atoms with E-state index >= 15 is 0 Å². The number of ether oxygens (including phenoxy) is 1. The molecule has 6 nitrogen and oxygen atoms in total. The second-order valence-corrected chi connectivity index (χ2v) is 9.06. The van der Waals surface area contributed by atoms with Crippen molar-refractivity contribution in [3.63, 3.8) is 0 Å². The lowest BCUT2D eigenvalue weighted by atomic mass is 9.83. The van der Waals surface area contributed by atoms with E-state index in [1.54, 1.807) is 12.3 Å². The van der Waals surface area contributed by atoms with Gasteiger partial charge in [0.1, 0.15) is 23.0 Å². The monoisotopic (exact) mass is 514 g/mol. The van der Waals surface area contributed by atoms with Gasteiger partial charge in [0.2, 0.25) is 5.91 Å². The summed E-state index contributed by atoms with van der Waals surface area (Å²) in [6.45, 7) is 1.47. The van der Waals surface area contributed by atoms with Crippen molar-refractivity contribution in [1.82, 2.24) is 10.3 Å². The lowest BCUT2D eigenvalue weighted by Crippen LogP contribution is -2.28. The predicted octanol–water partition coefficient (Wildman–Crippen LogP) is 5.64.